The van der Waals surface area contributed by atoms with Gasteiger partial charge in [0.25, 0.3) is 0 Å². The van der Waals surface area contributed by atoms with Crippen LogP contribution in [-0.4, -0.2) is 29.0 Å². The average molecular weight is 310 g/mol. The number of nitrogens with one attached hydrogen (secondary N) is 1. The molecule has 2 aromatic rings. The van der Waals surface area contributed by atoms with E-state index in [0.717, 1.165) is 30.9 Å². The summed E-state index contributed by atoms with van der Waals surface area (Å²) in [5.74, 6) is 1.27. The molecular formula is C18H22N4O. The second-order valence-corrected chi connectivity index (χ2v) is 5.82. The first-order valence-corrected chi connectivity index (χ1v) is 8.20. The number of nitrogens with zero attached hydrogens (tertiary/aromatic N) is 3. The maximum Gasteiger partial charge on any atom is 0.233 e. The monoisotopic (exact) mass is 310 g/mol. The molecule has 5 nitrogen and oxygen atoms in total. The van der Waals surface area contributed by atoms with Gasteiger partial charge in [0, 0.05) is 19.2 Å². The summed E-state index contributed by atoms with van der Waals surface area (Å²) >= 11 is 0. The van der Waals surface area contributed by atoms with Gasteiger partial charge in [0.15, 0.2) is 0 Å². The first-order valence-electron chi connectivity index (χ1n) is 8.20. The van der Waals surface area contributed by atoms with E-state index < -0.39 is 0 Å². The average Bonchev–Trinajstić information content (AvgIpc) is 3.11. The molecule has 1 atom stereocenters. The number of aromatic nitrogens is 2. The summed E-state index contributed by atoms with van der Waals surface area (Å²) in [5, 5.41) is 2.94. The Labute approximate surface area is 136 Å². The smallest absolute Gasteiger partial charge is 0.233 e. The van der Waals surface area contributed by atoms with Crippen molar-refractivity contribution in [1.29, 1.82) is 0 Å². The van der Waals surface area contributed by atoms with Crippen LogP contribution in [0.2, 0.25) is 0 Å². The van der Waals surface area contributed by atoms with E-state index in [2.05, 4.69) is 20.2 Å². The quantitative estimate of drug-likeness (QED) is 0.921. The van der Waals surface area contributed by atoms with E-state index in [0.29, 0.717) is 5.82 Å². The molecular weight excluding hydrogens is 288 g/mol. The van der Waals surface area contributed by atoms with E-state index in [1.807, 2.05) is 43.3 Å². The predicted molar refractivity (Wildman–Crippen MR) is 91.6 cm³/mol. The molecule has 23 heavy (non-hydrogen) atoms. The lowest BCUT2D eigenvalue weighted by atomic mass is 9.96. The van der Waals surface area contributed by atoms with Gasteiger partial charge in [0.1, 0.15) is 18.0 Å². The maximum atomic E-state index is 12.6. The normalized spacial score (nSPS) is 15.4. The minimum absolute atomic E-state index is 0.0234. The lowest BCUT2D eigenvalue weighted by molar-refractivity contribution is -0.117. The molecule has 1 aliphatic heterocycles. The molecule has 0 aliphatic carbocycles. The number of rotatable bonds is 5. The molecule has 0 radical (unpaired) electrons. The van der Waals surface area contributed by atoms with Crippen molar-refractivity contribution < 1.29 is 4.79 Å². The van der Waals surface area contributed by atoms with Crippen molar-refractivity contribution in [2.45, 2.75) is 32.1 Å². The molecule has 1 saturated heterocycles. The molecule has 1 fully saturated rings. The molecule has 3 rings (SSSR count). The third kappa shape index (κ3) is 3.67. The predicted octanol–water partition coefficient (Wildman–Crippen LogP) is 3.21. The Morgan fingerprint density at radius 3 is 2.65 bits per heavy atom. The van der Waals surface area contributed by atoms with Gasteiger partial charge in [-0.05, 0) is 24.8 Å². The molecule has 1 aromatic carbocycles. The molecule has 1 unspecified atom stereocenters. The number of carbonyl (C=O) groups excluding carboxylic acids is 1. The fourth-order valence-corrected chi connectivity index (χ4v) is 3.01. The lowest BCUT2D eigenvalue weighted by Gasteiger charge is -2.18. The lowest BCUT2D eigenvalue weighted by Crippen LogP contribution is -2.23. The Kier molecular flexibility index (Phi) is 4.86. The molecule has 0 saturated carbocycles. The van der Waals surface area contributed by atoms with Crippen LogP contribution in [0, 0.1) is 0 Å². The van der Waals surface area contributed by atoms with Crippen molar-refractivity contribution in [2.24, 2.45) is 0 Å². The topological polar surface area (TPSA) is 58.1 Å². The minimum atomic E-state index is -0.165. The SMILES string of the molecule is CCC(C(=O)Nc1cc(N2CCCC2)ncn1)c1ccccc1. The third-order valence-electron chi connectivity index (χ3n) is 4.26. The molecule has 0 spiro atoms. The number of benzene rings is 1. The van der Waals surface area contributed by atoms with Crippen molar-refractivity contribution >= 4 is 17.5 Å². The molecule has 5 heteroatoms. The molecule has 2 heterocycles. The molecule has 1 amide bonds. The van der Waals surface area contributed by atoms with Crippen LogP contribution in [0.15, 0.2) is 42.7 Å². The van der Waals surface area contributed by atoms with E-state index in [9.17, 15) is 4.79 Å². The van der Waals surface area contributed by atoms with E-state index in [1.54, 1.807) is 0 Å². The van der Waals surface area contributed by atoms with Crippen molar-refractivity contribution in [3.8, 4) is 0 Å². The summed E-state index contributed by atoms with van der Waals surface area (Å²) in [6.45, 7) is 4.06. The number of hydrogen-bond acceptors (Lipinski definition) is 4. The highest BCUT2D eigenvalue weighted by Gasteiger charge is 2.20. The number of amides is 1. The van der Waals surface area contributed by atoms with Gasteiger partial charge in [-0.25, -0.2) is 9.97 Å². The third-order valence-corrected chi connectivity index (χ3v) is 4.26. The first-order chi connectivity index (χ1) is 11.3. The fourth-order valence-electron chi connectivity index (χ4n) is 3.01. The van der Waals surface area contributed by atoms with Crippen LogP contribution in [-0.2, 0) is 4.79 Å². The van der Waals surface area contributed by atoms with Gasteiger partial charge in [0.05, 0.1) is 5.92 Å². The zero-order valence-electron chi connectivity index (χ0n) is 13.4. The van der Waals surface area contributed by atoms with Crippen molar-refractivity contribution in [3.05, 3.63) is 48.3 Å². The van der Waals surface area contributed by atoms with Crippen molar-refractivity contribution in [3.63, 3.8) is 0 Å². The van der Waals surface area contributed by atoms with E-state index >= 15 is 0 Å². The second kappa shape index (κ2) is 7.22. The van der Waals surface area contributed by atoms with Gasteiger partial charge < -0.3 is 10.2 Å². The zero-order chi connectivity index (χ0) is 16.1. The van der Waals surface area contributed by atoms with Crippen LogP contribution in [0.3, 0.4) is 0 Å². The van der Waals surface area contributed by atoms with Crippen LogP contribution in [0.5, 0.6) is 0 Å². The van der Waals surface area contributed by atoms with Gasteiger partial charge in [-0.2, -0.15) is 0 Å². The minimum Gasteiger partial charge on any atom is -0.356 e. The summed E-state index contributed by atoms with van der Waals surface area (Å²) in [6, 6.07) is 11.7. The number of anilines is 2. The van der Waals surface area contributed by atoms with Gasteiger partial charge in [-0.15, -0.1) is 0 Å². The van der Waals surface area contributed by atoms with E-state index in [1.165, 1.54) is 19.2 Å². The standard InChI is InChI=1S/C18H22N4O/c1-2-15(14-8-4-3-5-9-14)18(23)21-16-12-17(20-13-19-16)22-10-6-7-11-22/h3-5,8-9,12-13,15H,2,6-7,10-11H2,1H3,(H,19,20,21,23). The van der Waals surface area contributed by atoms with Gasteiger partial charge >= 0.3 is 0 Å². The maximum absolute atomic E-state index is 12.6. The van der Waals surface area contributed by atoms with Crippen LogP contribution < -0.4 is 10.2 Å². The van der Waals surface area contributed by atoms with Gasteiger partial charge in [-0.3, -0.25) is 4.79 Å². The molecule has 1 N–H and O–H groups in total. The summed E-state index contributed by atoms with van der Waals surface area (Å²) in [7, 11) is 0. The second-order valence-electron chi connectivity index (χ2n) is 5.82. The Morgan fingerprint density at radius 1 is 1.22 bits per heavy atom. The van der Waals surface area contributed by atoms with Gasteiger partial charge in [0.2, 0.25) is 5.91 Å². The molecule has 1 aliphatic rings. The van der Waals surface area contributed by atoms with E-state index in [-0.39, 0.29) is 11.8 Å². The fraction of sp³-hybridized carbons (Fsp3) is 0.389. The van der Waals surface area contributed by atoms with Crippen LogP contribution in [0.4, 0.5) is 11.6 Å². The highest BCUT2D eigenvalue weighted by molar-refractivity contribution is 5.95. The first kappa shape index (κ1) is 15.5. The molecule has 120 valence electrons. The van der Waals surface area contributed by atoms with Crippen LogP contribution >= 0.6 is 0 Å². The summed E-state index contributed by atoms with van der Waals surface area (Å²) in [6.07, 6.45) is 4.65. The van der Waals surface area contributed by atoms with Crippen molar-refractivity contribution in [2.75, 3.05) is 23.3 Å². The van der Waals surface area contributed by atoms with Crippen LogP contribution in [0.25, 0.3) is 0 Å². The van der Waals surface area contributed by atoms with Crippen molar-refractivity contribution in [1.82, 2.24) is 9.97 Å². The highest BCUT2D eigenvalue weighted by atomic mass is 16.1. The Balaban J connectivity index is 1.73. The van der Waals surface area contributed by atoms with E-state index in [4.69, 9.17) is 0 Å². The Morgan fingerprint density at radius 2 is 1.96 bits per heavy atom. The molecule has 0 bridgehead atoms. The number of hydrogen-bond donors (Lipinski definition) is 1. The van der Waals surface area contributed by atoms with Gasteiger partial charge in [-0.1, -0.05) is 37.3 Å². The number of carbonyl (C=O) groups is 1. The van der Waals surface area contributed by atoms with Crippen LogP contribution in [0.1, 0.15) is 37.7 Å². The summed E-state index contributed by atoms with van der Waals surface area (Å²) in [5.41, 5.74) is 1.03. The zero-order valence-corrected chi connectivity index (χ0v) is 13.4. The Bertz CT molecular complexity index is 653. The molecule has 1 aromatic heterocycles. The summed E-state index contributed by atoms with van der Waals surface area (Å²) in [4.78, 5) is 23.3. The largest absolute Gasteiger partial charge is 0.356 e. The Hall–Kier alpha value is -2.43. The highest BCUT2D eigenvalue weighted by Crippen LogP contribution is 2.23. The summed E-state index contributed by atoms with van der Waals surface area (Å²) < 4.78 is 0.